The first-order valence-electron chi connectivity index (χ1n) is 6.93. The summed E-state index contributed by atoms with van der Waals surface area (Å²) in [7, 11) is -0.657. The molecule has 0 bridgehead atoms. The van der Waals surface area contributed by atoms with Crippen LogP contribution in [0.5, 0.6) is 0 Å². The lowest BCUT2D eigenvalue weighted by atomic mass is 10.1. The molecule has 1 rings (SSSR count). The zero-order chi connectivity index (χ0) is 17.6. The molecule has 23 heavy (non-hydrogen) atoms. The van der Waals surface area contributed by atoms with Gasteiger partial charge in [-0.05, 0) is 24.6 Å². The summed E-state index contributed by atoms with van der Waals surface area (Å²) in [6, 6.07) is 5.34. The number of benzene rings is 1. The van der Waals surface area contributed by atoms with E-state index in [4.69, 9.17) is 5.11 Å². The Morgan fingerprint density at radius 2 is 1.96 bits per heavy atom. The van der Waals surface area contributed by atoms with Crippen molar-refractivity contribution < 1.29 is 23.1 Å². The Kier molecular flexibility index (Phi) is 6.52. The Hall–Kier alpha value is -2.13. The second-order valence-electron chi connectivity index (χ2n) is 5.13. The minimum Gasteiger partial charge on any atom is -0.481 e. The molecule has 128 valence electrons. The number of hydrogen-bond donors (Lipinski definition) is 3. The van der Waals surface area contributed by atoms with Gasteiger partial charge in [0.25, 0.3) is 0 Å². The van der Waals surface area contributed by atoms with Crippen molar-refractivity contribution in [2.24, 2.45) is 0 Å². The van der Waals surface area contributed by atoms with Crippen molar-refractivity contribution in [2.45, 2.75) is 24.3 Å². The van der Waals surface area contributed by atoms with Crippen LogP contribution in [-0.2, 0) is 14.8 Å². The monoisotopic (exact) mass is 343 g/mol. The standard InChI is InChI=1S/C14H21N3O5S/c1-10(16-14(20)15-8-7-13(18)19)11-5-4-6-12(9-11)23(21,22)17(2)3/h4-6,9-10H,7-8H2,1-3H3,(H,18,19)(H2,15,16,20). The van der Waals surface area contributed by atoms with Gasteiger partial charge in [0.05, 0.1) is 17.4 Å². The van der Waals surface area contributed by atoms with E-state index in [0.29, 0.717) is 5.56 Å². The number of carboxylic acid groups (broad SMARTS) is 1. The summed E-state index contributed by atoms with van der Waals surface area (Å²) >= 11 is 0. The lowest BCUT2D eigenvalue weighted by Gasteiger charge is -2.17. The van der Waals surface area contributed by atoms with E-state index in [9.17, 15) is 18.0 Å². The number of hydrogen-bond acceptors (Lipinski definition) is 4. The van der Waals surface area contributed by atoms with Crippen molar-refractivity contribution in [3.05, 3.63) is 29.8 Å². The summed E-state index contributed by atoms with van der Waals surface area (Å²) < 4.78 is 25.3. The lowest BCUT2D eigenvalue weighted by molar-refractivity contribution is -0.136. The second-order valence-corrected chi connectivity index (χ2v) is 7.28. The molecule has 0 saturated carbocycles. The predicted octanol–water partition coefficient (Wildman–Crippen LogP) is 0.772. The Balaban J connectivity index is 2.76. The average molecular weight is 343 g/mol. The molecule has 0 radical (unpaired) electrons. The fourth-order valence-electron chi connectivity index (χ4n) is 1.77. The van der Waals surface area contributed by atoms with Crippen LogP contribution < -0.4 is 10.6 Å². The van der Waals surface area contributed by atoms with Crippen LogP contribution in [0.3, 0.4) is 0 Å². The van der Waals surface area contributed by atoms with Gasteiger partial charge in [0.15, 0.2) is 0 Å². The maximum Gasteiger partial charge on any atom is 0.315 e. The van der Waals surface area contributed by atoms with Gasteiger partial charge >= 0.3 is 12.0 Å². The molecule has 8 nitrogen and oxygen atoms in total. The highest BCUT2D eigenvalue weighted by atomic mass is 32.2. The maximum atomic E-state index is 12.1. The Bertz CT molecular complexity index is 673. The molecular weight excluding hydrogens is 322 g/mol. The van der Waals surface area contributed by atoms with E-state index in [1.54, 1.807) is 19.1 Å². The molecule has 0 aliphatic heterocycles. The van der Waals surface area contributed by atoms with Gasteiger partial charge in [-0.3, -0.25) is 4.79 Å². The van der Waals surface area contributed by atoms with E-state index in [2.05, 4.69) is 10.6 Å². The first-order chi connectivity index (χ1) is 10.6. The molecule has 2 amide bonds. The molecular formula is C14H21N3O5S. The van der Waals surface area contributed by atoms with Gasteiger partial charge in [0.2, 0.25) is 10.0 Å². The molecule has 1 atom stereocenters. The molecule has 0 saturated heterocycles. The predicted molar refractivity (Wildman–Crippen MR) is 84.5 cm³/mol. The van der Waals surface area contributed by atoms with Gasteiger partial charge in [-0.25, -0.2) is 17.5 Å². The van der Waals surface area contributed by atoms with E-state index < -0.39 is 28.1 Å². The van der Waals surface area contributed by atoms with E-state index in [1.165, 1.54) is 26.2 Å². The summed E-state index contributed by atoms with van der Waals surface area (Å²) in [4.78, 5) is 22.2. The van der Waals surface area contributed by atoms with Crippen molar-refractivity contribution in [3.8, 4) is 0 Å². The molecule has 0 spiro atoms. The molecule has 1 aromatic rings. The largest absolute Gasteiger partial charge is 0.481 e. The molecule has 3 N–H and O–H groups in total. The van der Waals surface area contributed by atoms with Crippen molar-refractivity contribution in [1.82, 2.24) is 14.9 Å². The highest BCUT2D eigenvalue weighted by molar-refractivity contribution is 7.89. The van der Waals surface area contributed by atoms with Crippen molar-refractivity contribution in [3.63, 3.8) is 0 Å². The third kappa shape index (κ3) is 5.53. The van der Waals surface area contributed by atoms with Gasteiger partial charge in [-0.1, -0.05) is 12.1 Å². The van der Waals surface area contributed by atoms with Gasteiger partial charge < -0.3 is 15.7 Å². The van der Waals surface area contributed by atoms with Crippen LogP contribution in [0.1, 0.15) is 24.9 Å². The summed E-state index contributed by atoms with van der Waals surface area (Å²) in [6.07, 6.45) is -0.168. The van der Waals surface area contributed by atoms with Crippen LogP contribution in [0.25, 0.3) is 0 Å². The van der Waals surface area contributed by atoms with Gasteiger partial charge in [0.1, 0.15) is 0 Å². The number of carbonyl (C=O) groups excluding carboxylic acids is 1. The summed E-state index contributed by atoms with van der Waals surface area (Å²) in [5.74, 6) is -1.00. The quantitative estimate of drug-likeness (QED) is 0.676. The molecule has 0 aliphatic rings. The minimum atomic E-state index is -3.55. The minimum absolute atomic E-state index is 0.0168. The zero-order valence-corrected chi connectivity index (χ0v) is 14.1. The second kappa shape index (κ2) is 7.93. The summed E-state index contributed by atoms with van der Waals surface area (Å²) in [5.41, 5.74) is 0.626. The Morgan fingerprint density at radius 1 is 1.30 bits per heavy atom. The van der Waals surface area contributed by atoms with Gasteiger partial charge in [-0.2, -0.15) is 0 Å². The molecule has 1 unspecified atom stereocenters. The van der Waals surface area contributed by atoms with Crippen LogP contribution in [0.2, 0.25) is 0 Å². The van der Waals surface area contributed by atoms with Crippen molar-refractivity contribution in [2.75, 3.05) is 20.6 Å². The average Bonchev–Trinajstić information content (AvgIpc) is 2.46. The number of sulfonamides is 1. The molecule has 1 aromatic carbocycles. The van der Waals surface area contributed by atoms with Crippen LogP contribution in [0.4, 0.5) is 4.79 Å². The molecule has 9 heteroatoms. The number of nitrogens with one attached hydrogen (secondary N) is 2. The molecule has 0 fully saturated rings. The van der Waals surface area contributed by atoms with Crippen LogP contribution in [0.15, 0.2) is 29.2 Å². The molecule has 0 aliphatic carbocycles. The van der Waals surface area contributed by atoms with Crippen LogP contribution in [0, 0.1) is 0 Å². The smallest absolute Gasteiger partial charge is 0.315 e. The highest BCUT2D eigenvalue weighted by Gasteiger charge is 2.18. The molecule has 0 aromatic heterocycles. The number of carboxylic acids is 1. The highest BCUT2D eigenvalue weighted by Crippen LogP contribution is 2.19. The third-order valence-corrected chi connectivity index (χ3v) is 4.92. The number of urea groups is 1. The van der Waals surface area contributed by atoms with Gasteiger partial charge in [0, 0.05) is 20.6 Å². The molecule has 0 heterocycles. The van der Waals surface area contributed by atoms with E-state index in [0.717, 1.165) is 4.31 Å². The van der Waals surface area contributed by atoms with E-state index >= 15 is 0 Å². The summed E-state index contributed by atoms with van der Waals surface area (Å²) in [6.45, 7) is 1.72. The Morgan fingerprint density at radius 3 is 2.52 bits per heavy atom. The number of carbonyl (C=O) groups is 2. The van der Waals surface area contributed by atoms with E-state index in [1.807, 2.05) is 0 Å². The fourth-order valence-corrected chi connectivity index (χ4v) is 2.73. The van der Waals surface area contributed by atoms with Crippen LogP contribution >= 0.6 is 0 Å². The SMILES string of the molecule is CC(NC(=O)NCCC(=O)O)c1cccc(S(=O)(=O)N(C)C)c1. The number of amides is 2. The van der Waals surface area contributed by atoms with E-state index in [-0.39, 0.29) is 17.9 Å². The topological polar surface area (TPSA) is 116 Å². The number of nitrogens with zero attached hydrogens (tertiary/aromatic N) is 1. The maximum absolute atomic E-state index is 12.1. The summed E-state index contributed by atoms with van der Waals surface area (Å²) in [5, 5.41) is 13.6. The Labute approximate surface area is 135 Å². The van der Waals surface area contributed by atoms with Crippen molar-refractivity contribution >= 4 is 22.0 Å². The van der Waals surface area contributed by atoms with Crippen LogP contribution in [-0.4, -0.2) is 50.5 Å². The first-order valence-corrected chi connectivity index (χ1v) is 8.37. The lowest BCUT2D eigenvalue weighted by Crippen LogP contribution is -2.38. The number of aliphatic carboxylic acids is 1. The first kappa shape index (κ1) is 18.9. The normalized spacial score (nSPS) is 12.7. The zero-order valence-electron chi connectivity index (χ0n) is 13.2. The number of rotatable bonds is 7. The third-order valence-electron chi connectivity index (χ3n) is 3.11. The van der Waals surface area contributed by atoms with Gasteiger partial charge in [-0.15, -0.1) is 0 Å². The fraction of sp³-hybridized carbons (Fsp3) is 0.429. The van der Waals surface area contributed by atoms with Crippen molar-refractivity contribution in [1.29, 1.82) is 0 Å².